The molecule has 0 saturated carbocycles. The number of hydrogen-bond acceptors (Lipinski definition) is 1. The van der Waals surface area contributed by atoms with Gasteiger partial charge in [0, 0.05) is 16.6 Å². The lowest BCUT2D eigenvalue weighted by Gasteiger charge is -2.07. The molecular weight excluding hydrogens is 333 g/mol. The van der Waals surface area contributed by atoms with Crippen molar-refractivity contribution in [3.05, 3.63) is 68.9 Å². The van der Waals surface area contributed by atoms with Crippen LogP contribution in [0.1, 0.15) is 15.9 Å². The average molecular weight is 343 g/mol. The van der Waals surface area contributed by atoms with Crippen molar-refractivity contribution in [1.82, 2.24) is 5.32 Å². The number of carbonyl (C=O) groups excluding carboxylic acids is 1. The molecule has 0 fully saturated rings. The number of amides is 1. The minimum atomic E-state index is -0.538. The van der Waals surface area contributed by atoms with E-state index in [0.717, 1.165) is 10.0 Å². The van der Waals surface area contributed by atoms with Gasteiger partial charge < -0.3 is 5.32 Å². The van der Waals surface area contributed by atoms with Crippen LogP contribution in [0.4, 0.5) is 4.39 Å². The first-order valence-corrected chi connectivity index (χ1v) is 6.71. The Morgan fingerprint density at radius 3 is 2.68 bits per heavy atom. The van der Waals surface area contributed by atoms with Gasteiger partial charge in [-0.1, -0.05) is 45.7 Å². The lowest BCUT2D eigenvalue weighted by molar-refractivity contribution is 0.0951. The quantitative estimate of drug-likeness (QED) is 0.891. The molecule has 5 heteroatoms. The predicted octanol–water partition coefficient (Wildman–Crippen LogP) is 4.17. The Kier molecular flexibility index (Phi) is 4.56. The normalized spacial score (nSPS) is 10.3. The van der Waals surface area contributed by atoms with Crippen molar-refractivity contribution in [3.63, 3.8) is 0 Å². The minimum Gasteiger partial charge on any atom is -0.348 e. The minimum absolute atomic E-state index is 0.0615. The van der Waals surface area contributed by atoms with Gasteiger partial charge in [0.1, 0.15) is 5.82 Å². The molecule has 0 heterocycles. The highest BCUT2D eigenvalue weighted by atomic mass is 79.9. The second-order valence-electron chi connectivity index (χ2n) is 3.90. The lowest BCUT2D eigenvalue weighted by Crippen LogP contribution is -2.23. The van der Waals surface area contributed by atoms with Crippen LogP contribution >= 0.6 is 27.5 Å². The van der Waals surface area contributed by atoms with E-state index in [1.54, 1.807) is 0 Å². The molecule has 0 saturated heterocycles. The summed E-state index contributed by atoms with van der Waals surface area (Å²) < 4.78 is 13.9. The van der Waals surface area contributed by atoms with Gasteiger partial charge in [-0.25, -0.2) is 4.39 Å². The molecule has 0 bridgehead atoms. The molecule has 19 heavy (non-hydrogen) atoms. The molecule has 0 radical (unpaired) electrons. The summed E-state index contributed by atoms with van der Waals surface area (Å²) in [5.74, 6) is -0.832. The van der Waals surface area contributed by atoms with Gasteiger partial charge in [-0.15, -0.1) is 0 Å². The first-order chi connectivity index (χ1) is 9.08. The number of benzene rings is 2. The van der Waals surface area contributed by atoms with E-state index in [4.69, 9.17) is 11.6 Å². The summed E-state index contributed by atoms with van der Waals surface area (Å²) in [7, 11) is 0. The second-order valence-corrected chi connectivity index (χ2v) is 5.16. The highest BCUT2D eigenvalue weighted by molar-refractivity contribution is 9.10. The summed E-state index contributed by atoms with van der Waals surface area (Å²) in [5, 5.41) is 2.69. The molecule has 0 spiro atoms. The van der Waals surface area contributed by atoms with Crippen molar-refractivity contribution in [1.29, 1.82) is 0 Å². The third-order valence-electron chi connectivity index (χ3n) is 2.58. The summed E-state index contributed by atoms with van der Waals surface area (Å²) in [6.45, 7) is 0.384. The molecule has 1 N–H and O–H groups in total. The van der Waals surface area contributed by atoms with Gasteiger partial charge in [-0.05, 0) is 29.8 Å². The molecule has 2 aromatic rings. The van der Waals surface area contributed by atoms with Crippen LogP contribution < -0.4 is 5.32 Å². The molecule has 0 aliphatic heterocycles. The van der Waals surface area contributed by atoms with Crippen molar-refractivity contribution in [2.75, 3.05) is 0 Å². The molecular formula is C14H10BrClFNO. The average Bonchev–Trinajstić information content (AvgIpc) is 2.40. The van der Waals surface area contributed by atoms with Gasteiger partial charge >= 0.3 is 0 Å². The SMILES string of the molecule is O=C(NCc1ccccc1Br)c1ccc(F)c(Cl)c1. The van der Waals surface area contributed by atoms with Gasteiger partial charge in [0.25, 0.3) is 5.91 Å². The summed E-state index contributed by atoms with van der Waals surface area (Å²) >= 11 is 9.04. The molecule has 2 nitrogen and oxygen atoms in total. The Morgan fingerprint density at radius 1 is 1.26 bits per heavy atom. The molecule has 2 aromatic carbocycles. The van der Waals surface area contributed by atoms with Crippen LogP contribution in [0.15, 0.2) is 46.9 Å². The largest absolute Gasteiger partial charge is 0.348 e. The molecule has 0 unspecified atom stereocenters. The van der Waals surface area contributed by atoms with E-state index >= 15 is 0 Å². The fraction of sp³-hybridized carbons (Fsp3) is 0.0714. The van der Waals surface area contributed by atoms with Crippen LogP contribution in [0.5, 0.6) is 0 Å². The summed E-state index contributed by atoms with van der Waals surface area (Å²) in [6, 6.07) is 11.5. The topological polar surface area (TPSA) is 29.1 Å². The zero-order valence-corrected chi connectivity index (χ0v) is 12.1. The Bertz CT molecular complexity index is 618. The summed E-state index contributed by atoms with van der Waals surface area (Å²) in [4.78, 5) is 11.9. The monoisotopic (exact) mass is 341 g/mol. The standard InChI is InChI=1S/C14H10BrClFNO/c15-11-4-2-1-3-10(11)8-18-14(19)9-5-6-13(17)12(16)7-9/h1-7H,8H2,(H,18,19). The maximum atomic E-state index is 13.0. The van der Waals surface area contributed by atoms with Crippen LogP contribution in [0, 0.1) is 5.82 Å². The summed E-state index contributed by atoms with van der Waals surface area (Å²) in [5.41, 5.74) is 1.29. The Hall–Kier alpha value is -1.39. The first kappa shape index (κ1) is 14.0. The van der Waals surface area contributed by atoms with Crippen LogP contribution in [0.25, 0.3) is 0 Å². The van der Waals surface area contributed by atoms with Crippen molar-refractivity contribution in [2.45, 2.75) is 6.54 Å². The van der Waals surface area contributed by atoms with E-state index in [9.17, 15) is 9.18 Å². The second kappa shape index (κ2) is 6.17. The molecule has 1 amide bonds. The number of nitrogens with one attached hydrogen (secondary N) is 1. The van der Waals surface area contributed by atoms with Crippen molar-refractivity contribution >= 4 is 33.4 Å². The molecule has 0 aliphatic carbocycles. The fourth-order valence-electron chi connectivity index (χ4n) is 1.56. The maximum absolute atomic E-state index is 13.0. The molecule has 98 valence electrons. The van der Waals surface area contributed by atoms with Crippen molar-refractivity contribution < 1.29 is 9.18 Å². The first-order valence-electron chi connectivity index (χ1n) is 5.54. The summed E-state index contributed by atoms with van der Waals surface area (Å²) in [6.07, 6.45) is 0. The van der Waals surface area contributed by atoms with Crippen LogP contribution in [0.3, 0.4) is 0 Å². The van der Waals surface area contributed by atoms with E-state index in [2.05, 4.69) is 21.2 Å². The zero-order chi connectivity index (χ0) is 13.8. The van der Waals surface area contributed by atoms with E-state index in [1.807, 2.05) is 24.3 Å². The predicted molar refractivity (Wildman–Crippen MR) is 76.7 cm³/mol. The van der Waals surface area contributed by atoms with Crippen molar-refractivity contribution in [2.24, 2.45) is 0 Å². The van der Waals surface area contributed by atoms with Gasteiger partial charge in [0.15, 0.2) is 0 Å². The maximum Gasteiger partial charge on any atom is 0.251 e. The highest BCUT2D eigenvalue weighted by Gasteiger charge is 2.09. The molecule has 0 aromatic heterocycles. The third kappa shape index (κ3) is 3.55. The van der Waals surface area contributed by atoms with Crippen LogP contribution in [0.2, 0.25) is 5.02 Å². The van der Waals surface area contributed by atoms with Gasteiger partial charge in [0.05, 0.1) is 5.02 Å². The number of halogens is 3. The smallest absolute Gasteiger partial charge is 0.251 e. The highest BCUT2D eigenvalue weighted by Crippen LogP contribution is 2.17. The molecule has 0 atom stereocenters. The Morgan fingerprint density at radius 2 is 2.00 bits per heavy atom. The van der Waals surface area contributed by atoms with E-state index in [1.165, 1.54) is 18.2 Å². The molecule has 0 aliphatic rings. The van der Waals surface area contributed by atoms with Gasteiger partial charge in [0.2, 0.25) is 0 Å². The van der Waals surface area contributed by atoms with Gasteiger partial charge in [-0.3, -0.25) is 4.79 Å². The van der Waals surface area contributed by atoms with E-state index in [-0.39, 0.29) is 10.9 Å². The fourth-order valence-corrected chi connectivity index (χ4v) is 2.16. The van der Waals surface area contributed by atoms with E-state index < -0.39 is 5.82 Å². The third-order valence-corrected chi connectivity index (χ3v) is 3.64. The van der Waals surface area contributed by atoms with Crippen LogP contribution in [-0.2, 0) is 6.54 Å². The van der Waals surface area contributed by atoms with Gasteiger partial charge in [-0.2, -0.15) is 0 Å². The zero-order valence-electron chi connectivity index (χ0n) is 9.79. The number of hydrogen-bond donors (Lipinski definition) is 1. The van der Waals surface area contributed by atoms with Crippen molar-refractivity contribution in [3.8, 4) is 0 Å². The lowest BCUT2D eigenvalue weighted by atomic mass is 10.2. The molecule has 2 rings (SSSR count). The number of rotatable bonds is 3. The van der Waals surface area contributed by atoms with E-state index in [0.29, 0.717) is 12.1 Å². The number of carbonyl (C=O) groups is 1. The Labute approximate surface area is 123 Å². The van der Waals surface area contributed by atoms with Crippen LogP contribution in [-0.4, -0.2) is 5.91 Å². The Balaban J connectivity index is 2.05.